The molecule has 0 radical (unpaired) electrons. The van der Waals surface area contributed by atoms with Gasteiger partial charge in [0.15, 0.2) is 5.13 Å². The molecule has 2 aromatic rings. The fraction of sp³-hybridized carbons (Fsp3) is 0.294. The first-order valence-corrected chi connectivity index (χ1v) is 9.52. The van der Waals surface area contributed by atoms with Gasteiger partial charge in [-0.25, -0.2) is 4.98 Å². The first-order valence-electron chi connectivity index (χ1n) is 7.94. The van der Waals surface area contributed by atoms with Gasteiger partial charge in [0.25, 0.3) is 0 Å². The van der Waals surface area contributed by atoms with Gasteiger partial charge in [0, 0.05) is 43.3 Å². The van der Waals surface area contributed by atoms with E-state index < -0.39 is 0 Å². The average molecular weight is 412 g/mol. The van der Waals surface area contributed by atoms with Crippen LogP contribution in [0.3, 0.4) is 0 Å². The molecule has 9 heteroatoms. The topological polar surface area (TPSA) is 79.4 Å². The van der Waals surface area contributed by atoms with Gasteiger partial charge in [-0.05, 0) is 11.6 Å². The minimum atomic E-state index is -0.292. The Kier molecular flexibility index (Phi) is 5.90. The molecule has 26 heavy (non-hydrogen) atoms. The third-order valence-corrected chi connectivity index (χ3v) is 5.68. The van der Waals surface area contributed by atoms with Crippen LogP contribution in [0, 0.1) is 0 Å². The fourth-order valence-corrected chi connectivity index (χ4v) is 3.83. The minimum Gasteiger partial charge on any atom is -0.302 e. The predicted octanol–water partition coefficient (Wildman–Crippen LogP) is 3.52. The van der Waals surface area contributed by atoms with E-state index in [1.165, 1.54) is 11.3 Å². The molecule has 1 N–H and O–H groups in total. The molecule has 0 unspecified atom stereocenters. The summed E-state index contributed by atoms with van der Waals surface area (Å²) in [7, 11) is 0. The van der Waals surface area contributed by atoms with Gasteiger partial charge in [-0.2, -0.15) is 0 Å². The molecule has 1 saturated heterocycles. The number of rotatable bonds is 6. The third kappa shape index (κ3) is 4.41. The van der Waals surface area contributed by atoms with Gasteiger partial charge in [0.1, 0.15) is 0 Å². The molecule has 2 heterocycles. The van der Waals surface area contributed by atoms with Crippen molar-refractivity contribution in [1.82, 2.24) is 9.88 Å². The van der Waals surface area contributed by atoms with E-state index in [1.54, 1.807) is 12.3 Å². The molecule has 0 aliphatic carbocycles. The molecule has 1 aromatic heterocycles. The van der Waals surface area contributed by atoms with E-state index in [-0.39, 0.29) is 43.5 Å². The van der Waals surface area contributed by atoms with E-state index in [4.69, 9.17) is 23.2 Å². The van der Waals surface area contributed by atoms with Crippen molar-refractivity contribution in [2.75, 3.05) is 11.9 Å². The summed E-state index contributed by atoms with van der Waals surface area (Å²) in [5.74, 6) is -0.741. The third-order valence-electron chi connectivity index (χ3n) is 3.91. The summed E-state index contributed by atoms with van der Waals surface area (Å²) in [6.07, 6.45) is 2.73. The predicted molar refractivity (Wildman–Crippen MR) is 101 cm³/mol. The van der Waals surface area contributed by atoms with E-state index in [2.05, 4.69) is 10.3 Å². The standard InChI is InChI=1S/C17H15Cl2N3O3S/c18-12-3-1-2-10(16(12)19)8-11-9-20-17(26-11)21-13(23)6-7-22-14(24)4-5-15(22)25/h1-3,9H,4-8H2,(H,20,21,23). The monoisotopic (exact) mass is 411 g/mol. The van der Waals surface area contributed by atoms with Crippen LogP contribution >= 0.6 is 34.5 Å². The van der Waals surface area contributed by atoms with Crippen LogP contribution in [0.5, 0.6) is 0 Å². The van der Waals surface area contributed by atoms with Crippen molar-refractivity contribution in [3.63, 3.8) is 0 Å². The molecule has 0 spiro atoms. The lowest BCUT2D eigenvalue weighted by Gasteiger charge is -2.12. The number of carbonyl (C=O) groups excluding carboxylic acids is 3. The lowest BCUT2D eigenvalue weighted by atomic mass is 10.1. The zero-order chi connectivity index (χ0) is 18.7. The van der Waals surface area contributed by atoms with Gasteiger partial charge in [-0.3, -0.25) is 19.3 Å². The van der Waals surface area contributed by atoms with Crippen LogP contribution in [0.2, 0.25) is 10.0 Å². The van der Waals surface area contributed by atoms with Crippen LogP contribution in [0.15, 0.2) is 24.4 Å². The van der Waals surface area contributed by atoms with Gasteiger partial charge in [0.2, 0.25) is 17.7 Å². The van der Waals surface area contributed by atoms with E-state index in [1.807, 2.05) is 12.1 Å². The van der Waals surface area contributed by atoms with E-state index in [0.29, 0.717) is 21.6 Å². The molecule has 6 nitrogen and oxygen atoms in total. The molecule has 1 aliphatic rings. The summed E-state index contributed by atoms with van der Waals surface area (Å²) < 4.78 is 0. The number of benzene rings is 1. The van der Waals surface area contributed by atoms with Gasteiger partial charge >= 0.3 is 0 Å². The zero-order valence-corrected chi connectivity index (χ0v) is 16.0. The smallest absolute Gasteiger partial charge is 0.229 e. The van der Waals surface area contributed by atoms with Crippen molar-refractivity contribution in [3.8, 4) is 0 Å². The SMILES string of the molecule is O=C(CCN1C(=O)CCC1=O)Nc1ncc(Cc2cccc(Cl)c2Cl)s1. The molecule has 3 rings (SSSR count). The Labute approximate surface area is 164 Å². The van der Waals surface area contributed by atoms with Crippen molar-refractivity contribution in [2.45, 2.75) is 25.7 Å². The maximum Gasteiger partial charge on any atom is 0.229 e. The first-order chi connectivity index (χ1) is 12.4. The van der Waals surface area contributed by atoms with Crippen molar-refractivity contribution < 1.29 is 14.4 Å². The molecule has 0 bridgehead atoms. The number of amides is 3. The largest absolute Gasteiger partial charge is 0.302 e. The normalized spacial score (nSPS) is 14.2. The van der Waals surface area contributed by atoms with Crippen LogP contribution in [0.4, 0.5) is 5.13 Å². The average Bonchev–Trinajstić information content (AvgIpc) is 3.17. The molecule has 0 atom stereocenters. The molecular formula is C17H15Cl2N3O3S. The second-order valence-corrected chi connectivity index (χ2v) is 7.66. The summed E-state index contributed by atoms with van der Waals surface area (Å²) in [5.41, 5.74) is 0.881. The maximum absolute atomic E-state index is 12.0. The number of hydrogen-bond acceptors (Lipinski definition) is 5. The molecule has 1 aromatic carbocycles. The highest BCUT2D eigenvalue weighted by atomic mass is 35.5. The van der Waals surface area contributed by atoms with Crippen LogP contribution in [0.1, 0.15) is 29.7 Å². The number of thiazole rings is 1. The van der Waals surface area contributed by atoms with E-state index in [9.17, 15) is 14.4 Å². The number of aromatic nitrogens is 1. The molecule has 1 fully saturated rings. The van der Waals surface area contributed by atoms with Crippen molar-refractivity contribution >= 4 is 57.4 Å². The Balaban J connectivity index is 1.54. The quantitative estimate of drug-likeness (QED) is 0.737. The van der Waals surface area contributed by atoms with Crippen LogP contribution in [0.25, 0.3) is 0 Å². The summed E-state index contributed by atoms with van der Waals surface area (Å²) in [5, 5.41) is 4.15. The molecule has 1 aliphatic heterocycles. The van der Waals surface area contributed by atoms with Crippen molar-refractivity contribution in [1.29, 1.82) is 0 Å². The second-order valence-electron chi connectivity index (χ2n) is 5.76. The van der Waals surface area contributed by atoms with Gasteiger partial charge < -0.3 is 5.32 Å². The Bertz CT molecular complexity index is 853. The summed E-state index contributed by atoms with van der Waals surface area (Å²) in [4.78, 5) is 41.3. The summed E-state index contributed by atoms with van der Waals surface area (Å²) in [6, 6.07) is 5.44. The van der Waals surface area contributed by atoms with E-state index in [0.717, 1.165) is 15.3 Å². The Morgan fingerprint density at radius 3 is 2.69 bits per heavy atom. The van der Waals surface area contributed by atoms with Crippen LogP contribution in [-0.2, 0) is 20.8 Å². The Hall–Kier alpha value is -1.96. The highest BCUT2D eigenvalue weighted by molar-refractivity contribution is 7.15. The van der Waals surface area contributed by atoms with Crippen LogP contribution in [-0.4, -0.2) is 34.2 Å². The van der Waals surface area contributed by atoms with Crippen molar-refractivity contribution in [3.05, 3.63) is 44.9 Å². The van der Waals surface area contributed by atoms with Gasteiger partial charge in [-0.15, -0.1) is 11.3 Å². The highest BCUT2D eigenvalue weighted by Gasteiger charge is 2.28. The number of nitrogens with zero attached hydrogens (tertiary/aromatic N) is 2. The number of nitrogens with one attached hydrogen (secondary N) is 1. The van der Waals surface area contributed by atoms with Crippen LogP contribution < -0.4 is 5.32 Å². The fourth-order valence-electron chi connectivity index (χ4n) is 2.59. The number of halogens is 2. The number of likely N-dealkylation sites (tertiary alicyclic amines) is 1. The lowest BCUT2D eigenvalue weighted by molar-refractivity contribution is -0.138. The Morgan fingerprint density at radius 1 is 1.23 bits per heavy atom. The number of hydrogen-bond donors (Lipinski definition) is 1. The van der Waals surface area contributed by atoms with Crippen molar-refractivity contribution in [2.24, 2.45) is 0 Å². The number of carbonyl (C=O) groups is 3. The Morgan fingerprint density at radius 2 is 1.96 bits per heavy atom. The molecule has 3 amide bonds. The second kappa shape index (κ2) is 8.16. The summed E-state index contributed by atoms with van der Waals surface area (Å²) in [6.45, 7) is 0.0971. The number of anilines is 1. The van der Waals surface area contributed by atoms with Gasteiger partial charge in [-0.1, -0.05) is 35.3 Å². The summed E-state index contributed by atoms with van der Waals surface area (Å²) >= 11 is 13.5. The lowest BCUT2D eigenvalue weighted by Crippen LogP contribution is -2.32. The molecule has 0 saturated carbocycles. The molecular weight excluding hydrogens is 397 g/mol. The zero-order valence-electron chi connectivity index (χ0n) is 13.6. The maximum atomic E-state index is 12.0. The highest BCUT2D eigenvalue weighted by Crippen LogP contribution is 2.29. The molecule has 136 valence electrons. The minimum absolute atomic E-state index is 0.0481. The number of imide groups is 1. The van der Waals surface area contributed by atoms with E-state index >= 15 is 0 Å². The first kappa shape index (κ1) is 18.8. The van der Waals surface area contributed by atoms with Gasteiger partial charge in [0.05, 0.1) is 10.0 Å².